The summed E-state index contributed by atoms with van der Waals surface area (Å²) in [5.41, 5.74) is 0.161. The molecule has 0 aromatic carbocycles. The molecule has 3 fully saturated rings. The summed E-state index contributed by atoms with van der Waals surface area (Å²) in [5.74, 6) is 0. The van der Waals surface area contributed by atoms with Gasteiger partial charge in [-0.3, -0.25) is 5.32 Å². The third kappa shape index (κ3) is 1.76. The minimum absolute atomic E-state index is 0.0610. The van der Waals surface area contributed by atoms with Crippen LogP contribution in [0, 0.1) is 0 Å². The van der Waals surface area contributed by atoms with E-state index < -0.39 is 0 Å². The van der Waals surface area contributed by atoms with Gasteiger partial charge in [0.25, 0.3) is 0 Å². The fraction of sp³-hybridized carbons (Fsp3) is 0.923. The van der Waals surface area contributed by atoms with Crippen LogP contribution in [0.5, 0.6) is 0 Å². The topological polar surface area (TPSA) is 27.3 Å². The van der Waals surface area contributed by atoms with Crippen molar-refractivity contribution in [1.82, 2.24) is 15.5 Å². The Kier molecular flexibility index (Phi) is 2.47. The highest BCUT2D eigenvalue weighted by atomic mass is 32.1. The molecular formula is C13H23N3S. The zero-order valence-electron chi connectivity index (χ0n) is 11.0. The average molecular weight is 253 g/mol. The van der Waals surface area contributed by atoms with Gasteiger partial charge in [0.1, 0.15) is 0 Å². The fourth-order valence-electron chi connectivity index (χ4n) is 4.19. The molecule has 0 amide bonds. The average Bonchev–Trinajstić information content (AvgIpc) is 2.46. The van der Waals surface area contributed by atoms with E-state index in [1.54, 1.807) is 0 Å². The first-order valence-corrected chi connectivity index (χ1v) is 7.21. The van der Waals surface area contributed by atoms with Gasteiger partial charge in [0, 0.05) is 24.0 Å². The van der Waals surface area contributed by atoms with E-state index in [1.807, 2.05) is 0 Å². The standard InChI is InChI=1S/C13H23N3S/c1-12(2)8-13(3)14-9-6-4-5-7-10(9)16(13)11(17)15-12/h9-10,14H,4-8H2,1-3H3,(H,15,17). The van der Waals surface area contributed by atoms with E-state index in [2.05, 4.69) is 36.3 Å². The number of rotatable bonds is 0. The predicted molar refractivity (Wildman–Crippen MR) is 73.9 cm³/mol. The van der Waals surface area contributed by atoms with Crippen LogP contribution in [0.1, 0.15) is 52.9 Å². The van der Waals surface area contributed by atoms with E-state index in [-0.39, 0.29) is 11.2 Å². The van der Waals surface area contributed by atoms with Crippen molar-refractivity contribution >= 4 is 17.3 Å². The quantitative estimate of drug-likeness (QED) is 0.646. The number of hydrogen-bond donors (Lipinski definition) is 2. The SMILES string of the molecule is CC1(C)CC2(C)NC3CCCCC3N2C(=S)N1. The number of nitrogens with zero attached hydrogens (tertiary/aromatic N) is 1. The molecule has 0 aromatic rings. The molecule has 3 nitrogen and oxygen atoms in total. The number of hydrogen-bond acceptors (Lipinski definition) is 2. The van der Waals surface area contributed by atoms with Crippen molar-refractivity contribution in [3.63, 3.8) is 0 Å². The highest BCUT2D eigenvalue weighted by Gasteiger charge is 2.54. The summed E-state index contributed by atoms with van der Waals surface area (Å²) in [6.07, 6.45) is 6.41. The van der Waals surface area contributed by atoms with Crippen molar-refractivity contribution in [1.29, 1.82) is 0 Å². The summed E-state index contributed by atoms with van der Waals surface area (Å²) in [7, 11) is 0. The first kappa shape index (κ1) is 11.7. The molecule has 1 aliphatic carbocycles. The van der Waals surface area contributed by atoms with Gasteiger partial charge in [-0.2, -0.15) is 0 Å². The van der Waals surface area contributed by atoms with Crippen LogP contribution in [-0.2, 0) is 0 Å². The number of thiocarbonyl (C=S) groups is 1. The second-order valence-electron chi connectivity index (χ2n) is 6.74. The molecule has 3 rings (SSSR count). The first-order chi connectivity index (χ1) is 7.91. The monoisotopic (exact) mass is 253 g/mol. The molecule has 4 heteroatoms. The van der Waals surface area contributed by atoms with E-state index >= 15 is 0 Å². The number of nitrogens with one attached hydrogen (secondary N) is 2. The fourth-order valence-corrected chi connectivity index (χ4v) is 4.80. The molecule has 2 heterocycles. The maximum atomic E-state index is 5.61. The molecule has 0 spiro atoms. The Labute approximate surface area is 109 Å². The normalized spacial score (nSPS) is 43.9. The Morgan fingerprint density at radius 1 is 1.24 bits per heavy atom. The van der Waals surface area contributed by atoms with E-state index in [0.29, 0.717) is 12.1 Å². The molecule has 3 aliphatic rings. The largest absolute Gasteiger partial charge is 0.357 e. The Morgan fingerprint density at radius 3 is 2.71 bits per heavy atom. The van der Waals surface area contributed by atoms with E-state index in [4.69, 9.17) is 12.2 Å². The molecule has 0 aromatic heterocycles. The smallest absolute Gasteiger partial charge is 0.171 e. The molecule has 0 radical (unpaired) electrons. The maximum Gasteiger partial charge on any atom is 0.171 e. The Hall–Kier alpha value is -0.350. The summed E-state index contributed by atoms with van der Waals surface area (Å²) in [5, 5.41) is 8.31. The van der Waals surface area contributed by atoms with Crippen molar-refractivity contribution in [3.8, 4) is 0 Å². The third-order valence-corrected chi connectivity index (χ3v) is 4.84. The molecular weight excluding hydrogens is 230 g/mol. The lowest BCUT2D eigenvalue weighted by molar-refractivity contribution is 0.106. The summed E-state index contributed by atoms with van der Waals surface area (Å²) in [6.45, 7) is 6.80. The second kappa shape index (κ2) is 3.58. The predicted octanol–water partition coefficient (Wildman–Crippen LogP) is 1.98. The zero-order chi connectivity index (χ0) is 12.3. The summed E-state index contributed by atoms with van der Waals surface area (Å²) in [4.78, 5) is 2.46. The van der Waals surface area contributed by atoms with Crippen molar-refractivity contribution < 1.29 is 0 Å². The van der Waals surface area contributed by atoms with E-state index in [9.17, 15) is 0 Å². The van der Waals surface area contributed by atoms with Crippen molar-refractivity contribution in [3.05, 3.63) is 0 Å². The summed E-state index contributed by atoms with van der Waals surface area (Å²) < 4.78 is 0. The summed E-state index contributed by atoms with van der Waals surface area (Å²) >= 11 is 5.61. The Balaban J connectivity index is 1.93. The van der Waals surface area contributed by atoms with Crippen LogP contribution >= 0.6 is 12.2 Å². The highest BCUT2D eigenvalue weighted by Crippen LogP contribution is 2.41. The van der Waals surface area contributed by atoms with Gasteiger partial charge in [-0.25, -0.2) is 0 Å². The minimum Gasteiger partial charge on any atom is -0.357 e. The molecule has 2 aliphatic heterocycles. The Morgan fingerprint density at radius 2 is 1.94 bits per heavy atom. The van der Waals surface area contributed by atoms with Crippen LogP contribution in [0.4, 0.5) is 0 Å². The lowest BCUT2D eigenvalue weighted by atomic mass is 9.88. The van der Waals surface area contributed by atoms with Gasteiger partial charge in [0.2, 0.25) is 0 Å². The van der Waals surface area contributed by atoms with Crippen LogP contribution in [0.25, 0.3) is 0 Å². The van der Waals surface area contributed by atoms with Crippen LogP contribution in [-0.4, -0.2) is 33.3 Å². The van der Waals surface area contributed by atoms with Crippen molar-refractivity contribution in [2.75, 3.05) is 0 Å². The molecule has 1 saturated carbocycles. The van der Waals surface area contributed by atoms with Gasteiger partial charge in [0.15, 0.2) is 5.11 Å². The van der Waals surface area contributed by atoms with Gasteiger partial charge < -0.3 is 10.2 Å². The third-order valence-electron chi connectivity index (χ3n) is 4.54. The first-order valence-electron chi connectivity index (χ1n) is 6.81. The molecule has 96 valence electrons. The molecule has 2 saturated heterocycles. The van der Waals surface area contributed by atoms with Crippen LogP contribution in [0.3, 0.4) is 0 Å². The van der Waals surface area contributed by atoms with E-state index in [1.165, 1.54) is 25.7 Å². The van der Waals surface area contributed by atoms with Gasteiger partial charge >= 0.3 is 0 Å². The molecule has 3 atom stereocenters. The molecule has 17 heavy (non-hydrogen) atoms. The maximum absolute atomic E-state index is 5.61. The number of fused-ring (bicyclic) bond motifs is 3. The van der Waals surface area contributed by atoms with Gasteiger partial charge in [-0.1, -0.05) is 12.8 Å². The lowest BCUT2D eigenvalue weighted by Gasteiger charge is -2.50. The van der Waals surface area contributed by atoms with Crippen LogP contribution in [0.15, 0.2) is 0 Å². The van der Waals surface area contributed by atoms with Gasteiger partial charge in [-0.15, -0.1) is 0 Å². The highest BCUT2D eigenvalue weighted by molar-refractivity contribution is 7.80. The lowest BCUT2D eigenvalue weighted by Crippen LogP contribution is -2.68. The van der Waals surface area contributed by atoms with Crippen LogP contribution in [0.2, 0.25) is 0 Å². The van der Waals surface area contributed by atoms with Crippen molar-refractivity contribution in [2.45, 2.75) is 76.2 Å². The Bertz CT molecular complexity index is 355. The summed E-state index contributed by atoms with van der Waals surface area (Å²) in [6, 6.07) is 1.26. The zero-order valence-corrected chi connectivity index (χ0v) is 11.9. The van der Waals surface area contributed by atoms with Gasteiger partial charge in [-0.05, 0) is 45.8 Å². The second-order valence-corrected chi connectivity index (χ2v) is 7.12. The molecule has 3 unspecified atom stereocenters. The van der Waals surface area contributed by atoms with E-state index in [0.717, 1.165) is 11.5 Å². The van der Waals surface area contributed by atoms with Crippen molar-refractivity contribution in [2.24, 2.45) is 0 Å². The van der Waals surface area contributed by atoms with Crippen LogP contribution < -0.4 is 10.6 Å². The molecule has 2 N–H and O–H groups in total. The van der Waals surface area contributed by atoms with Gasteiger partial charge in [0.05, 0.1) is 5.66 Å². The molecule has 0 bridgehead atoms. The minimum atomic E-state index is 0.0610.